The first-order valence-corrected chi connectivity index (χ1v) is 12.1. The minimum absolute atomic E-state index is 0.00473. The summed E-state index contributed by atoms with van der Waals surface area (Å²) >= 11 is 0. The van der Waals surface area contributed by atoms with Gasteiger partial charge in [0.05, 0.1) is 24.7 Å². The van der Waals surface area contributed by atoms with Crippen molar-refractivity contribution in [3.63, 3.8) is 0 Å². The van der Waals surface area contributed by atoms with Gasteiger partial charge in [-0.05, 0) is 26.0 Å². The minimum Gasteiger partial charge on any atom is -0.491 e. The number of methoxy groups -OCH3 is 1. The van der Waals surface area contributed by atoms with Crippen LogP contribution < -0.4 is 15.0 Å². The molecule has 0 radical (unpaired) electrons. The normalized spacial score (nSPS) is 11.5. The number of ether oxygens (including phenoxy) is 1. The van der Waals surface area contributed by atoms with Crippen molar-refractivity contribution < 1.29 is 13.2 Å². The van der Waals surface area contributed by atoms with Crippen molar-refractivity contribution in [2.24, 2.45) is 7.05 Å². The Balaban J connectivity index is 1.85. The van der Waals surface area contributed by atoms with E-state index in [9.17, 15) is 8.42 Å². The number of aryl methyl sites for hydroxylation is 3. The fourth-order valence-electron chi connectivity index (χ4n) is 3.41. The van der Waals surface area contributed by atoms with Crippen molar-refractivity contribution in [1.29, 1.82) is 0 Å². The van der Waals surface area contributed by atoms with E-state index in [1.807, 2.05) is 26.2 Å². The Kier molecular flexibility index (Phi) is 5.96. The molecule has 0 aromatic carbocycles. The van der Waals surface area contributed by atoms with Gasteiger partial charge < -0.3 is 15.0 Å². The van der Waals surface area contributed by atoms with Crippen LogP contribution in [0.5, 0.6) is 5.75 Å². The number of aromatic amines is 1. The second-order valence-corrected chi connectivity index (χ2v) is 9.77. The summed E-state index contributed by atoms with van der Waals surface area (Å²) in [4.78, 5) is 15.4. The van der Waals surface area contributed by atoms with Crippen molar-refractivity contribution in [3.8, 4) is 17.0 Å². The number of hydrogen-bond donors (Lipinski definition) is 2. The molecule has 0 atom stereocenters. The molecule has 0 fully saturated rings. The summed E-state index contributed by atoms with van der Waals surface area (Å²) in [7, 11) is 1.71. The fourth-order valence-corrected chi connectivity index (χ4v) is 4.03. The summed E-state index contributed by atoms with van der Waals surface area (Å²) in [5, 5.41) is 14.5. The van der Waals surface area contributed by atoms with E-state index < -0.39 is 9.84 Å². The van der Waals surface area contributed by atoms with Crippen molar-refractivity contribution in [3.05, 3.63) is 42.0 Å². The predicted molar refractivity (Wildman–Crippen MR) is 128 cm³/mol. The minimum atomic E-state index is -3.43. The highest BCUT2D eigenvalue weighted by Gasteiger charge is 2.22. The Bertz CT molecular complexity index is 1460. The Hall–Kier alpha value is -4.00. The standard InChI is InChI=1S/C21H25N9O3S/c1-12-9-16(28-27-12)24-20-19(33-5)18(14-10-22-29(3)11-14)25-21(26-20)30(4)15-7-8-17(23-13(15)2)34(6,31)32/h7-11H,1-6H3,(H2,24,25,26,27,28). The molecule has 0 amide bonds. The molecule has 0 spiro atoms. The number of pyridine rings is 1. The summed E-state index contributed by atoms with van der Waals surface area (Å²) in [6.45, 7) is 3.63. The summed E-state index contributed by atoms with van der Waals surface area (Å²) in [5.41, 5.74) is 3.31. The van der Waals surface area contributed by atoms with Gasteiger partial charge in [-0.2, -0.15) is 15.2 Å². The van der Waals surface area contributed by atoms with Crippen LogP contribution >= 0.6 is 0 Å². The van der Waals surface area contributed by atoms with Gasteiger partial charge in [0.2, 0.25) is 5.95 Å². The van der Waals surface area contributed by atoms with Gasteiger partial charge >= 0.3 is 0 Å². The molecule has 0 bridgehead atoms. The number of nitrogens with zero attached hydrogens (tertiary/aromatic N) is 7. The maximum atomic E-state index is 11.9. The first-order chi connectivity index (χ1) is 16.1. The highest BCUT2D eigenvalue weighted by molar-refractivity contribution is 7.90. The topological polar surface area (TPSA) is 144 Å². The van der Waals surface area contributed by atoms with Crippen LogP contribution in [0.25, 0.3) is 11.3 Å². The van der Waals surface area contributed by atoms with Gasteiger partial charge in [-0.1, -0.05) is 0 Å². The second kappa shape index (κ2) is 8.74. The summed E-state index contributed by atoms with van der Waals surface area (Å²) in [6, 6.07) is 4.98. The maximum Gasteiger partial charge on any atom is 0.232 e. The lowest BCUT2D eigenvalue weighted by Gasteiger charge is -2.22. The molecule has 13 heteroatoms. The second-order valence-electron chi connectivity index (χ2n) is 7.80. The average molecular weight is 484 g/mol. The van der Waals surface area contributed by atoms with Crippen molar-refractivity contribution in [2.75, 3.05) is 30.6 Å². The molecule has 12 nitrogen and oxygen atoms in total. The SMILES string of the molecule is COc1c(Nc2cc(C)[nH]n2)nc(N(C)c2ccc(S(C)(=O)=O)nc2C)nc1-c1cnn(C)c1. The van der Waals surface area contributed by atoms with Crippen LogP contribution in [-0.2, 0) is 16.9 Å². The molecule has 4 aromatic rings. The molecule has 0 aliphatic rings. The van der Waals surface area contributed by atoms with Crippen LogP contribution in [0, 0.1) is 13.8 Å². The van der Waals surface area contributed by atoms with E-state index in [4.69, 9.17) is 9.72 Å². The zero-order valence-electron chi connectivity index (χ0n) is 19.7. The van der Waals surface area contributed by atoms with Crippen LogP contribution in [0.4, 0.5) is 23.3 Å². The highest BCUT2D eigenvalue weighted by atomic mass is 32.2. The summed E-state index contributed by atoms with van der Waals surface area (Å²) < 4.78 is 31.1. The van der Waals surface area contributed by atoms with Gasteiger partial charge in [-0.15, -0.1) is 0 Å². The zero-order chi connectivity index (χ0) is 24.6. The number of sulfone groups is 1. The van der Waals surface area contributed by atoms with Crippen molar-refractivity contribution in [2.45, 2.75) is 18.9 Å². The number of hydrogen-bond acceptors (Lipinski definition) is 10. The quantitative estimate of drug-likeness (QED) is 0.402. The van der Waals surface area contributed by atoms with Gasteiger partial charge in [0.1, 0.15) is 5.69 Å². The van der Waals surface area contributed by atoms with Crippen LogP contribution in [-0.4, -0.2) is 63.8 Å². The Morgan fingerprint density at radius 2 is 1.94 bits per heavy atom. The Morgan fingerprint density at radius 3 is 2.50 bits per heavy atom. The molecule has 178 valence electrons. The van der Waals surface area contributed by atoms with E-state index in [0.717, 1.165) is 17.5 Å². The van der Waals surface area contributed by atoms with E-state index in [-0.39, 0.29) is 5.03 Å². The lowest BCUT2D eigenvalue weighted by atomic mass is 10.2. The van der Waals surface area contributed by atoms with Crippen LogP contribution in [0.15, 0.2) is 35.6 Å². The maximum absolute atomic E-state index is 11.9. The molecule has 0 aliphatic carbocycles. The number of H-pyrrole nitrogens is 1. The first kappa shape index (κ1) is 23.2. The molecule has 0 saturated carbocycles. The molecular weight excluding hydrogens is 458 g/mol. The summed E-state index contributed by atoms with van der Waals surface area (Å²) in [6.07, 6.45) is 4.63. The molecule has 0 aliphatic heterocycles. The van der Waals surface area contributed by atoms with Crippen LogP contribution in [0.3, 0.4) is 0 Å². The third-order valence-corrected chi connectivity index (χ3v) is 6.05. The van der Waals surface area contributed by atoms with Gasteiger partial charge in [-0.3, -0.25) is 9.78 Å². The fraction of sp³-hybridized carbons (Fsp3) is 0.286. The highest BCUT2D eigenvalue weighted by Crippen LogP contribution is 2.38. The molecule has 34 heavy (non-hydrogen) atoms. The zero-order valence-corrected chi connectivity index (χ0v) is 20.5. The molecule has 2 N–H and O–H groups in total. The Morgan fingerprint density at radius 1 is 1.18 bits per heavy atom. The van der Waals surface area contributed by atoms with Crippen molar-refractivity contribution in [1.82, 2.24) is 34.9 Å². The van der Waals surface area contributed by atoms with Gasteiger partial charge in [-0.25, -0.2) is 18.4 Å². The third-order valence-electron chi connectivity index (χ3n) is 5.06. The first-order valence-electron chi connectivity index (χ1n) is 10.2. The number of nitrogens with one attached hydrogen (secondary N) is 2. The lowest BCUT2D eigenvalue weighted by molar-refractivity contribution is 0.415. The van der Waals surface area contributed by atoms with Crippen molar-refractivity contribution >= 4 is 33.1 Å². The largest absolute Gasteiger partial charge is 0.491 e. The van der Waals surface area contributed by atoms with Crippen LogP contribution in [0.2, 0.25) is 0 Å². The number of rotatable bonds is 7. The van der Waals surface area contributed by atoms with E-state index >= 15 is 0 Å². The van der Waals surface area contributed by atoms with E-state index in [0.29, 0.717) is 40.4 Å². The van der Waals surface area contributed by atoms with E-state index in [2.05, 4.69) is 30.6 Å². The molecule has 4 rings (SSSR count). The number of anilines is 4. The predicted octanol–water partition coefficient (Wildman–Crippen LogP) is 2.54. The molecule has 0 saturated heterocycles. The van der Waals surface area contributed by atoms with Gasteiger partial charge in [0.15, 0.2) is 32.2 Å². The molecule has 4 aromatic heterocycles. The van der Waals surface area contributed by atoms with Gasteiger partial charge in [0, 0.05) is 43.9 Å². The van der Waals surface area contributed by atoms with Crippen LogP contribution in [0.1, 0.15) is 11.4 Å². The molecule has 4 heterocycles. The van der Waals surface area contributed by atoms with E-state index in [1.54, 1.807) is 42.9 Å². The monoisotopic (exact) mass is 483 g/mol. The number of aromatic nitrogens is 7. The molecular formula is C21H25N9O3S. The Labute approximate surface area is 197 Å². The lowest BCUT2D eigenvalue weighted by Crippen LogP contribution is -2.17. The van der Waals surface area contributed by atoms with E-state index in [1.165, 1.54) is 6.07 Å². The molecule has 0 unspecified atom stereocenters. The van der Waals surface area contributed by atoms with Gasteiger partial charge in [0.25, 0.3) is 0 Å². The smallest absolute Gasteiger partial charge is 0.232 e. The summed E-state index contributed by atoms with van der Waals surface area (Å²) in [5.74, 6) is 1.73. The average Bonchev–Trinajstić information content (AvgIpc) is 3.39. The third kappa shape index (κ3) is 4.55.